The van der Waals surface area contributed by atoms with Crippen molar-refractivity contribution in [3.63, 3.8) is 0 Å². The van der Waals surface area contributed by atoms with Gasteiger partial charge in [0.2, 0.25) is 29.5 Å². The SMILES string of the molecule is CSCC[C@H](NC(=O)[C@H](Cc1ccc(O)cc1)NC(=O)[C@@H](N)CO)C(=O)N[C@@H](Cc1cnc[nH]1)C(=O)N[C@@H](Cc1c[nH]c2ccccc12)C(=O)N[C@@H](Cc1ccc(O)cc1)C(=O)O. The highest BCUT2D eigenvalue weighted by atomic mass is 32.2. The number of thioether (sulfide) groups is 1. The molecule has 0 bridgehead atoms. The molecule has 0 aliphatic carbocycles. The number of phenols is 2. The largest absolute Gasteiger partial charge is 0.508 e. The van der Waals surface area contributed by atoms with E-state index in [4.69, 9.17) is 5.73 Å². The van der Waals surface area contributed by atoms with E-state index in [0.717, 1.165) is 10.9 Å². The Morgan fingerprint density at radius 1 is 0.667 bits per heavy atom. The summed E-state index contributed by atoms with van der Waals surface area (Å²) in [5, 5.41) is 53.0. The number of phenolic OH excluding ortho intramolecular Hbond substituents is 2. The zero-order chi connectivity index (χ0) is 45.5. The number of nitrogens with two attached hydrogens (primary N) is 1. The van der Waals surface area contributed by atoms with Crippen molar-refractivity contribution in [2.45, 2.75) is 68.4 Å². The van der Waals surface area contributed by atoms with Crippen molar-refractivity contribution in [3.05, 3.63) is 114 Å². The summed E-state index contributed by atoms with van der Waals surface area (Å²) in [6, 6.07) is 11.0. The first-order chi connectivity index (χ1) is 30.2. The van der Waals surface area contributed by atoms with Gasteiger partial charge in [-0.2, -0.15) is 11.8 Å². The molecule has 2 heterocycles. The minimum absolute atomic E-state index is 0.0198. The lowest BCUT2D eigenvalue weighted by atomic mass is 10.0. The summed E-state index contributed by atoms with van der Waals surface area (Å²) in [5.41, 5.74) is 8.63. The Morgan fingerprint density at radius 3 is 1.73 bits per heavy atom. The number of aliphatic carboxylic acids is 1. The monoisotopic (exact) mass is 885 g/mol. The number of hydrogen-bond acceptors (Lipinski definition) is 12. The Bertz CT molecular complexity index is 2320. The minimum Gasteiger partial charge on any atom is -0.508 e. The van der Waals surface area contributed by atoms with E-state index >= 15 is 0 Å². The molecule has 0 spiro atoms. The smallest absolute Gasteiger partial charge is 0.326 e. The average molecular weight is 886 g/mol. The van der Waals surface area contributed by atoms with Gasteiger partial charge in [-0.1, -0.05) is 42.5 Å². The lowest BCUT2D eigenvalue weighted by molar-refractivity contribution is -0.142. The number of nitrogens with zero attached hydrogens (tertiary/aromatic N) is 1. The van der Waals surface area contributed by atoms with Gasteiger partial charge in [0.1, 0.15) is 47.8 Å². The predicted octanol–water partition coefficient (Wildman–Crippen LogP) is 0.154. The van der Waals surface area contributed by atoms with E-state index in [0.29, 0.717) is 28.1 Å². The maximum atomic E-state index is 14.4. The van der Waals surface area contributed by atoms with Crippen molar-refractivity contribution in [1.29, 1.82) is 0 Å². The van der Waals surface area contributed by atoms with E-state index in [2.05, 4.69) is 41.5 Å². The van der Waals surface area contributed by atoms with Crippen LogP contribution in [-0.2, 0) is 54.5 Å². The molecule has 5 aromatic rings. The number of carboxylic acid groups (broad SMARTS) is 1. The molecule has 0 unspecified atom stereocenters. The standard InChI is InChI=1S/C43H51N9O10S/c1-63-15-14-33(48-40(58)34(49-38(56)31(44)22-53)16-24-6-10-28(54)11-7-24)39(57)51-36(19-27-21-45-23-47-27)42(60)50-35(18-26-20-46-32-5-3-2-4-30(26)32)41(59)52-37(43(61)62)17-25-8-12-29(55)13-9-25/h2-13,20-21,23,31,33-37,46,53-55H,14-19,22,44H2,1H3,(H,45,47)(H,48,58)(H,49,56)(H,50,60)(H,51,57)(H,52,59)(H,61,62)/t31-,33-,34-,35-,36-,37-/m0/s1. The second-order valence-corrected chi connectivity index (χ2v) is 15.8. The van der Waals surface area contributed by atoms with E-state index in [1.807, 2.05) is 18.2 Å². The minimum atomic E-state index is -1.42. The summed E-state index contributed by atoms with van der Waals surface area (Å²) >= 11 is 1.39. The number of fused-ring (bicyclic) bond motifs is 1. The van der Waals surface area contributed by atoms with E-state index < -0.39 is 78.4 Å². The molecule has 2 aromatic heterocycles. The first-order valence-corrected chi connectivity index (χ1v) is 21.3. The third kappa shape index (κ3) is 13.8. The molecule has 0 radical (unpaired) electrons. The van der Waals surface area contributed by atoms with E-state index in [1.54, 1.807) is 30.7 Å². The van der Waals surface area contributed by atoms with Gasteiger partial charge in [0, 0.05) is 54.7 Å². The number of imidazole rings is 1. The topological polar surface area (TPSA) is 314 Å². The zero-order valence-electron chi connectivity index (χ0n) is 34.2. The van der Waals surface area contributed by atoms with Gasteiger partial charge in [-0.25, -0.2) is 9.78 Å². The van der Waals surface area contributed by atoms with Gasteiger partial charge in [0.05, 0.1) is 12.9 Å². The number of aliphatic hydroxyl groups excluding tert-OH is 1. The number of nitrogens with one attached hydrogen (secondary N) is 7. The van der Waals surface area contributed by atoms with Gasteiger partial charge >= 0.3 is 5.97 Å². The number of aromatic nitrogens is 3. The number of carbonyl (C=O) groups is 6. The number of aromatic amines is 2. The quantitative estimate of drug-likeness (QED) is 0.0417. The zero-order valence-corrected chi connectivity index (χ0v) is 35.1. The molecule has 0 aliphatic rings. The number of H-pyrrole nitrogens is 2. The molecule has 334 valence electrons. The number of benzene rings is 3. The third-order valence-corrected chi connectivity index (χ3v) is 10.8. The van der Waals surface area contributed by atoms with Gasteiger partial charge in [-0.15, -0.1) is 0 Å². The predicted molar refractivity (Wildman–Crippen MR) is 233 cm³/mol. The summed E-state index contributed by atoms with van der Waals surface area (Å²) in [6.45, 7) is -0.692. The molecule has 0 saturated heterocycles. The number of para-hydroxylation sites is 1. The number of carbonyl (C=O) groups excluding carboxylic acids is 5. The van der Waals surface area contributed by atoms with Crippen LogP contribution in [0.2, 0.25) is 0 Å². The molecule has 0 saturated carbocycles. The Labute approximate surface area is 366 Å². The maximum absolute atomic E-state index is 14.4. The molecular formula is C43H51N9O10S. The number of rotatable bonds is 23. The van der Waals surface area contributed by atoms with Gasteiger partial charge in [-0.05, 0) is 65.5 Å². The summed E-state index contributed by atoms with van der Waals surface area (Å²) < 4.78 is 0. The Hall–Kier alpha value is -6.90. The lowest BCUT2D eigenvalue weighted by Crippen LogP contribution is -2.60. The van der Waals surface area contributed by atoms with E-state index in [-0.39, 0.29) is 43.6 Å². The molecule has 20 heteroatoms. The summed E-state index contributed by atoms with van der Waals surface area (Å²) in [6.07, 6.45) is 5.97. The average Bonchev–Trinajstić information content (AvgIpc) is 3.95. The van der Waals surface area contributed by atoms with E-state index in [9.17, 15) is 49.2 Å². The van der Waals surface area contributed by atoms with Crippen LogP contribution in [0.25, 0.3) is 10.9 Å². The summed E-state index contributed by atoms with van der Waals surface area (Å²) in [4.78, 5) is 91.8. The van der Waals surface area contributed by atoms with Crippen molar-refractivity contribution in [1.82, 2.24) is 41.5 Å². The van der Waals surface area contributed by atoms with Crippen LogP contribution < -0.4 is 32.3 Å². The van der Waals surface area contributed by atoms with Gasteiger partial charge < -0.3 is 62.7 Å². The second-order valence-electron chi connectivity index (χ2n) is 14.8. The number of aromatic hydroxyl groups is 2. The number of aliphatic hydroxyl groups is 1. The molecular weight excluding hydrogens is 835 g/mol. The number of amides is 5. The molecule has 0 fully saturated rings. The van der Waals surface area contributed by atoms with Gasteiger partial charge in [0.25, 0.3) is 0 Å². The van der Waals surface area contributed by atoms with Crippen molar-refractivity contribution in [2.75, 3.05) is 18.6 Å². The first kappa shape index (κ1) is 47.2. The van der Waals surface area contributed by atoms with Gasteiger partial charge in [0.15, 0.2) is 0 Å². The highest BCUT2D eigenvalue weighted by molar-refractivity contribution is 7.98. The molecule has 5 amide bonds. The molecule has 13 N–H and O–H groups in total. The van der Waals surface area contributed by atoms with Crippen LogP contribution in [0, 0.1) is 0 Å². The fraction of sp³-hybridized carbons (Fsp3) is 0.326. The van der Waals surface area contributed by atoms with Crippen LogP contribution in [0.15, 0.2) is 91.5 Å². The van der Waals surface area contributed by atoms with Crippen LogP contribution in [0.4, 0.5) is 0 Å². The van der Waals surface area contributed by atoms with Crippen molar-refractivity contribution >= 4 is 58.2 Å². The van der Waals surface area contributed by atoms with Crippen LogP contribution in [-0.4, -0.2) is 126 Å². The Balaban J connectivity index is 1.40. The molecule has 5 rings (SSSR count). The number of carboxylic acids is 1. The molecule has 63 heavy (non-hydrogen) atoms. The van der Waals surface area contributed by atoms with Gasteiger partial charge in [-0.3, -0.25) is 24.0 Å². The van der Waals surface area contributed by atoms with Crippen molar-refractivity contribution in [2.24, 2.45) is 5.73 Å². The fourth-order valence-corrected chi connectivity index (χ4v) is 7.13. The normalized spacial score (nSPS) is 14.0. The second kappa shape index (κ2) is 22.8. The first-order valence-electron chi connectivity index (χ1n) is 19.9. The fourth-order valence-electron chi connectivity index (χ4n) is 6.66. The lowest BCUT2D eigenvalue weighted by Gasteiger charge is -2.27. The maximum Gasteiger partial charge on any atom is 0.326 e. The Morgan fingerprint density at radius 2 is 1.17 bits per heavy atom. The summed E-state index contributed by atoms with van der Waals surface area (Å²) in [7, 11) is 0. The Kier molecular flexibility index (Phi) is 17.1. The molecule has 0 aliphatic heterocycles. The van der Waals surface area contributed by atoms with Crippen LogP contribution in [0.3, 0.4) is 0 Å². The van der Waals surface area contributed by atoms with Crippen LogP contribution in [0.5, 0.6) is 11.5 Å². The highest BCUT2D eigenvalue weighted by Crippen LogP contribution is 2.20. The number of hydrogen-bond donors (Lipinski definition) is 12. The van der Waals surface area contributed by atoms with Crippen molar-refractivity contribution < 1.29 is 49.2 Å². The summed E-state index contributed by atoms with van der Waals surface area (Å²) in [5.74, 6) is -4.97. The highest BCUT2D eigenvalue weighted by Gasteiger charge is 2.34. The van der Waals surface area contributed by atoms with Crippen molar-refractivity contribution in [3.8, 4) is 11.5 Å². The van der Waals surface area contributed by atoms with Crippen LogP contribution in [0.1, 0.15) is 28.8 Å². The van der Waals surface area contributed by atoms with Crippen LogP contribution >= 0.6 is 11.8 Å². The third-order valence-electron chi connectivity index (χ3n) is 10.1. The molecule has 3 aromatic carbocycles. The molecule has 19 nitrogen and oxygen atoms in total. The van der Waals surface area contributed by atoms with E-state index in [1.165, 1.54) is 60.7 Å². The molecule has 6 atom stereocenters.